The van der Waals surface area contributed by atoms with Gasteiger partial charge >= 0.3 is 23.9 Å². The van der Waals surface area contributed by atoms with Crippen molar-refractivity contribution in [2.75, 3.05) is 0 Å². The average molecular weight is 641 g/mol. The summed E-state index contributed by atoms with van der Waals surface area (Å²) in [4.78, 5) is 67.7. The van der Waals surface area contributed by atoms with Gasteiger partial charge in [-0.1, -0.05) is 19.9 Å². The van der Waals surface area contributed by atoms with Crippen molar-refractivity contribution < 1.29 is 52.1 Å². The highest BCUT2D eigenvalue weighted by Crippen LogP contribution is 2.82. The zero-order chi connectivity index (χ0) is 33.8. The van der Waals surface area contributed by atoms with Crippen molar-refractivity contribution in [3.63, 3.8) is 0 Å². The minimum Gasteiger partial charge on any atom is -0.472 e. The Hall–Kier alpha value is -3.47. The highest BCUT2D eigenvalue weighted by molar-refractivity contribution is 5.91. The molecule has 5 fully saturated rings. The number of rotatable bonds is 5. The van der Waals surface area contributed by atoms with Crippen molar-refractivity contribution in [1.82, 2.24) is 0 Å². The number of hydrogen-bond donors (Lipinski definition) is 0. The topological polar surface area (TPSA) is 148 Å². The van der Waals surface area contributed by atoms with Gasteiger partial charge in [-0.05, 0) is 52.7 Å². The lowest BCUT2D eigenvalue weighted by atomic mass is 9.36. The molecule has 0 radical (unpaired) electrons. The summed E-state index contributed by atoms with van der Waals surface area (Å²) < 4.78 is 36.8. The van der Waals surface area contributed by atoms with Crippen molar-refractivity contribution in [2.45, 2.75) is 123 Å². The van der Waals surface area contributed by atoms with E-state index >= 15 is 0 Å². The Morgan fingerprint density at radius 1 is 0.957 bits per heavy atom. The number of epoxide rings is 1. The Balaban J connectivity index is 1.67. The van der Waals surface area contributed by atoms with Gasteiger partial charge in [0.15, 0.2) is 0 Å². The van der Waals surface area contributed by atoms with Crippen molar-refractivity contribution >= 4 is 29.7 Å². The van der Waals surface area contributed by atoms with Crippen LogP contribution in [0.1, 0.15) is 93.1 Å². The summed E-state index contributed by atoms with van der Waals surface area (Å²) in [6, 6.07) is 1.85. The average Bonchev–Trinajstić information content (AvgIpc) is 3.33. The van der Waals surface area contributed by atoms with Gasteiger partial charge in [0.1, 0.15) is 35.3 Å². The maximum Gasteiger partial charge on any atom is 0.333 e. The third-order valence-electron chi connectivity index (χ3n) is 12.5. The van der Waals surface area contributed by atoms with Crippen LogP contribution in [-0.4, -0.2) is 65.3 Å². The third kappa shape index (κ3) is 4.02. The molecule has 46 heavy (non-hydrogen) atoms. The Bertz CT molecular complexity index is 1520. The first-order chi connectivity index (χ1) is 21.4. The van der Waals surface area contributed by atoms with Crippen LogP contribution in [0.4, 0.5) is 0 Å². The lowest BCUT2D eigenvalue weighted by Gasteiger charge is -2.67. The quantitative estimate of drug-likeness (QED) is 0.192. The summed E-state index contributed by atoms with van der Waals surface area (Å²) in [7, 11) is 0. The molecule has 1 aromatic heterocycles. The highest BCUT2D eigenvalue weighted by atomic mass is 16.6. The van der Waals surface area contributed by atoms with Crippen molar-refractivity contribution in [1.29, 1.82) is 0 Å². The van der Waals surface area contributed by atoms with Gasteiger partial charge in [0, 0.05) is 54.4 Å². The van der Waals surface area contributed by atoms with Crippen molar-refractivity contribution in [3.8, 4) is 0 Å². The molecule has 0 bridgehead atoms. The van der Waals surface area contributed by atoms with E-state index in [0.717, 1.165) is 5.56 Å². The van der Waals surface area contributed by atoms with Crippen LogP contribution in [0.2, 0.25) is 0 Å². The fourth-order valence-corrected chi connectivity index (χ4v) is 10.6. The van der Waals surface area contributed by atoms with Crippen LogP contribution in [0.15, 0.2) is 34.7 Å². The molecule has 3 aliphatic carbocycles. The smallest absolute Gasteiger partial charge is 0.333 e. The zero-order valence-corrected chi connectivity index (χ0v) is 28.0. The number of furan rings is 1. The summed E-state index contributed by atoms with van der Waals surface area (Å²) in [6.07, 6.45) is 1.38. The number of Topliss-reactive ketones (excluding diaryl/α,β-unsaturated/α-hetero) is 1. The van der Waals surface area contributed by atoms with E-state index in [1.807, 2.05) is 26.8 Å². The molecule has 11 nitrogen and oxygen atoms in total. The minimum atomic E-state index is -1.32. The van der Waals surface area contributed by atoms with Crippen LogP contribution >= 0.6 is 0 Å². The highest BCUT2D eigenvalue weighted by Gasteiger charge is 2.92. The molecule has 1 spiro atoms. The fraction of sp³-hybridized carbons (Fsp3) is 0.686. The van der Waals surface area contributed by atoms with Gasteiger partial charge in [-0.3, -0.25) is 19.2 Å². The van der Waals surface area contributed by atoms with Gasteiger partial charge in [-0.15, -0.1) is 0 Å². The molecular formula is C35H44O11. The van der Waals surface area contributed by atoms with Crippen molar-refractivity contribution in [3.05, 3.63) is 35.8 Å². The molecular weight excluding hydrogens is 596 g/mol. The van der Waals surface area contributed by atoms with Gasteiger partial charge in [0.25, 0.3) is 0 Å². The number of cyclic esters (lactones) is 1. The Morgan fingerprint density at radius 2 is 1.63 bits per heavy atom. The Labute approximate surface area is 268 Å². The molecule has 2 saturated heterocycles. The zero-order valence-electron chi connectivity index (χ0n) is 28.0. The number of hydrogen-bond acceptors (Lipinski definition) is 11. The lowest BCUT2D eigenvalue weighted by molar-refractivity contribution is -0.280. The van der Waals surface area contributed by atoms with E-state index in [1.165, 1.54) is 13.8 Å². The van der Waals surface area contributed by atoms with E-state index in [0.29, 0.717) is 12.0 Å². The van der Waals surface area contributed by atoms with Gasteiger partial charge in [0.2, 0.25) is 0 Å². The Morgan fingerprint density at radius 3 is 2.22 bits per heavy atom. The molecule has 5 aliphatic rings. The van der Waals surface area contributed by atoms with E-state index in [9.17, 15) is 24.0 Å². The Kier molecular flexibility index (Phi) is 7.24. The van der Waals surface area contributed by atoms with Crippen LogP contribution in [0, 0.1) is 28.1 Å². The molecule has 11 heteroatoms. The van der Waals surface area contributed by atoms with E-state index < -0.39 is 81.5 Å². The van der Waals surface area contributed by atoms with Gasteiger partial charge in [0.05, 0.1) is 30.5 Å². The summed E-state index contributed by atoms with van der Waals surface area (Å²) in [5, 5.41) is 0. The number of ketones is 1. The normalized spacial score (nSPS) is 43.9. The number of ether oxygens (including phenoxy) is 5. The first-order valence-electron chi connectivity index (χ1n) is 16.0. The van der Waals surface area contributed by atoms with E-state index in [1.54, 1.807) is 46.3 Å². The lowest BCUT2D eigenvalue weighted by Crippen LogP contribution is -2.78. The molecule has 0 aromatic carbocycles. The largest absolute Gasteiger partial charge is 0.472 e. The molecule has 250 valence electrons. The van der Waals surface area contributed by atoms with E-state index in [-0.39, 0.29) is 30.6 Å². The molecule has 3 saturated carbocycles. The van der Waals surface area contributed by atoms with Gasteiger partial charge < -0.3 is 28.1 Å². The summed E-state index contributed by atoms with van der Waals surface area (Å²) in [5.74, 6) is -4.41. The molecule has 2 aliphatic heterocycles. The monoisotopic (exact) mass is 640 g/mol. The van der Waals surface area contributed by atoms with E-state index in [4.69, 9.17) is 28.1 Å². The first kappa shape index (κ1) is 32.5. The van der Waals surface area contributed by atoms with Crippen LogP contribution in [-0.2, 0) is 47.7 Å². The van der Waals surface area contributed by atoms with Gasteiger partial charge in [-0.2, -0.15) is 0 Å². The number of carbonyl (C=O) groups excluding carboxylic acids is 5. The molecule has 1 aromatic rings. The molecule has 11 atom stereocenters. The standard InChI is InChI=1S/C35H44O11/c1-10-17(2)30(40)44-29-27(43-19(4)37)28-32(7)22(31(5,6)46-26(39)15-24(32)42-18(3)36)14-23(38)34(28,9)35-25(45-35)13-21(33(29,35)8)20-11-12-41-16-20/h10-12,16,21-22,24-25,27-29H,13-15H2,1-9H3/t21-,22-,24-,25+,27+,28?,29-,32+,33+,34+,35+/m0/s1. The molecule has 0 amide bonds. The SMILES string of the molecule is CC=C(C)C(=O)O[C@H]1[C@H](OC(C)=O)C2[C@@]3(C)[C@@H](OC(C)=O)CC(=O)OC(C)(C)[C@@H]3CC(=O)[C@@]2(C)[C@@]23O[C@@H]2C[C@@H](c2ccoc2)[C@]13C. The minimum absolute atomic E-state index is 0.000752. The van der Waals surface area contributed by atoms with Gasteiger partial charge in [-0.25, -0.2) is 4.79 Å². The summed E-state index contributed by atoms with van der Waals surface area (Å²) in [6.45, 7) is 15.1. The first-order valence-corrected chi connectivity index (χ1v) is 16.0. The summed E-state index contributed by atoms with van der Waals surface area (Å²) in [5.41, 5.74) is -4.69. The molecule has 1 unspecified atom stereocenters. The van der Waals surface area contributed by atoms with E-state index in [2.05, 4.69) is 0 Å². The fourth-order valence-electron chi connectivity index (χ4n) is 10.6. The molecule has 3 heterocycles. The second-order valence-electron chi connectivity index (χ2n) is 14.9. The second kappa shape index (κ2) is 10.3. The third-order valence-corrected chi connectivity index (χ3v) is 12.5. The molecule has 0 N–H and O–H groups in total. The predicted molar refractivity (Wildman–Crippen MR) is 160 cm³/mol. The number of allylic oxidation sites excluding steroid dienone is 1. The number of esters is 4. The molecule has 6 rings (SSSR count). The van der Waals surface area contributed by atoms with Crippen LogP contribution in [0.25, 0.3) is 0 Å². The van der Waals surface area contributed by atoms with Crippen molar-refractivity contribution in [2.24, 2.45) is 28.1 Å². The van der Waals surface area contributed by atoms with Crippen LogP contribution < -0.4 is 0 Å². The van der Waals surface area contributed by atoms with Crippen LogP contribution in [0.5, 0.6) is 0 Å². The van der Waals surface area contributed by atoms with Crippen LogP contribution in [0.3, 0.4) is 0 Å². The second-order valence-corrected chi connectivity index (χ2v) is 14.9. The maximum absolute atomic E-state index is 15.0. The number of carbonyl (C=O) groups is 5. The maximum atomic E-state index is 15.0. The summed E-state index contributed by atoms with van der Waals surface area (Å²) >= 11 is 0. The number of fused-ring (bicyclic) bond motifs is 3. The predicted octanol–water partition coefficient (Wildman–Crippen LogP) is 4.61.